The summed E-state index contributed by atoms with van der Waals surface area (Å²) in [4.78, 5) is 49.9. The number of carbonyl (C=O) groups excluding carboxylic acids is 2. The van der Waals surface area contributed by atoms with Gasteiger partial charge >= 0.3 is 5.97 Å². The maximum absolute atomic E-state index is 12.7. The molecule has 2 atom stereocenters. The number of amides is 2. The van der Waals surface area contributed by atoms with Gasteiger partial charge in [0, 0.05) is 29.4 Å². The van der Waals surface area contributed by atoms with Crippen molar-refractivity contribution >= 4 is 17.8 Å². The van der Waals surface area contributed by atoms with Crippen LogP contribution in [0, 0.1) is 5.92 Å². The molecule has 0 fully saturated rings. The predicted octanol–water partition coefficient (Wildman–Crippen LogP) is 2.20. The third kappa shape index (κ3) is 5.48. The molecule has 5 N–H and O–H groups in total. The second-order valence-corrected chi connectivity index (χ2v) is 7.49. The Labute approximate surface area is 184 Å². The van der Waals surface area contributed by atoms with Crippen LogP contribution in [0.3, 0.4) is 0 Å². The van der Waals surface area contributed by atoms with E-state index >= 15 is 0 Å². The van der Waals surface area contributed by atoms with Gasteiger partial charge in [-0.15, -0.1) is 0 Å². The van der Waals surface area contributed by atoms with Crippen molar-refractivity contribution in [2.75, 3.05) is 0 Å². The van der Waals surface area contributed by atoms with E-state index in [-0.39, 0.29) is 12.0 Å². The molecule has 164 valence electrons. The fourth-order valence-electron chi connectivity index (χ4n) is 3.41. The van der Waals surface area contributed by atoms with Crippen molar-refractivity contribution in [3.63, 3.8) is 0 Å². The third-order valence-electron chi connectivity index (χ3n) is 5.20. The summed E-state index contributed by atoms with van der Waals surface area (Å²) >= 11 is 0. The van der Waals surface area contributed by atoms with Gasteiger partial charge in [0.2, 0.25) is 11.5 Å². The van der Waals surface area contributed by atoms with Gasteiger partial charge in [0.05, 0.1) is 5.92 Å². The van der Waals surface area contributed by atoms with Gasteiger partial charge in [0.25, 0.3) is 5.91 Å². The van der Waals surface area contributed by atoms with Crippen LogP contribution < -0.4 is 16.6 Å². The summed E-state index contributed by atoms with van der Waals surface area (Å²) in [5.74, 6) is -2.97. The smallest absolute Gasteiger partial charge is 0.308 e. The van der Waals surface area contributed by atoms with Gasteiger partial charge in [-0.1, -0.05) is 24.3 Å². The Morgan fingerprint density at radius 3 is 2.34 bits per heavy atom. The minimum Gasteiger partial charge on any atom is -0.481 e. The highest BCUT2D eigenvalue weighted by atomic mass is 16.4. The minimum absolute atomic E-state index is 0.124. The number of nitrogens with one attached hydrogen (secondary N) is 2. The Morgan fingerprint density at radius 1 is 1.00 bits per heavy atom. The SMILES string of the molecule is C[C@@H](NC(=O)c1ccc(-c2cc[nH]c(=O)c2)cc1)[C@@H](Cc1cccc(C(N)=O)c1)C(=O)O. The van der Waals surface area contributed by atoms with Gasteiger partial charge < -0.3 is 21.1 Å². The average Bonchev–Trinajstić information content (AvgIpc) is 2.77. The molecular formula is C24H23N3O5. The molecule has 0 aliphatic rings. The molecule has 0 saturated heterocycles. The number of hydrogen-bond acceptors (Lipinski definition) is 4. The Morgan fingerprint density at radius 2 is 1.72 bits per heavy atom. The lowest BCUT2D eigenvalue weighted by atomic mass is 9.92. The van der Waals surface area contributed by atoms with Crippen molar-refractivity contribution in [1.82, 2.24) is 10.3 Å². The summed E-state index contributed by atoms with van der Waals surface area (Å²) in [6, 6.07) is 15.7. The summed E-state index contributed by atoms with van der Waals surface area (Å²) in [6.45, 7) is 1.62. The maximum atomic E-state index is 12.7. The van der Waals surface area contributed by atoms with Crippen LogP contribution in [0.25, 0.3) is 11.1 Å². The Bertz CT molecular complexity index is 1200. The molecule has 0 aliphatic carbocycles. The lowest BCUT2D eigenvalue weighted by Gasteiger charge is -2.22. The molecule has 8 heteroatoms. The normalized spacial score (nSPS) is 12.5. The quantitative estimate of drug-likeness (QED) is 0.431. The number of aromatic nitrogens is 1. The van der Waals surface area contributed by atoms with Crippen LogP contribution in [0.2, 0.25) is 0 Å². The number of carboxylic acid groups (broad SMARTS) is 1. The Balaban J connectivity index is 1.71. The zero-order valence-electron chi connectivity index (χ0n) is 17.4. The molecule has 32 heavy (non-hydrogen) atoms. The van der Waals surface area contributed by atoms with Crippen LogP contribution in [0.5, 0.6) is 0 Å². The van der Waals surface area contributed by atoms with E-state index in [1.165, 1.54) is 6.07 Å². The van der Waals surface area contributed by atoms with Crippen molar-refractivity contribution in [1.29, 1.82) is 0 Å². The first-order chi connectivity index (χ1) is 15.2. The van der Waals surface area contributed by atoms with Crippen LogP contribution >= 0.6 is 0 Å². The summed E-state index contributed by atoms with van der Waals surface area (Å²) in [5.41, 5.74) is 7.86. The highest BCUT2D eigenvalue weighted by molar-refractivity contribution is 5.95. The molecule has 0 bridgehead atoms. The number of rotatable bonds is 8. The van der Waals surface area contributed by atoms with E-state index in [1.807, 2.05) is 0 Å². The van der Waals surface area contributed by atoms with E-state index in [4.69, 9.17) is 5.73 Å². The molecule has 0 aliphatic heterocycles. The second-order valence-electron chi connectivity index (χ2n) is 7.49. The average molecular weight is 433 g/mol. The minimum atomic E-state index is -1.06. The molecule has 1 heterocycles. The number of carbonyl (C=O) groups is 3. The second kappa shape index (κ2) is 9.74. The molecule has 0 saturated carbocycles. The lowest BCUT2D eigenvalue weighted by Crippen LogP contribution is -2.42. The molecular weight excluding hydrogens is 410 g/mol. The Kier molecular flexibility index (Phi) is 6.84. The zero-order valence-corrected chi connectivity index (χ0v) is 17.4. The number of pyridine rings is 1. The standard InChI is InChI=1S/C24H23N3O5/c1-14(20(24(31)32)12-15-3-2-4-19(11-15)22(25)29)27-23(30)17-7-5-16(6-8-17)18-9-10-26-21(28)13-18/h2-11,13-14,20H,12H2,1H3,(H2,25,29)(H,26,28)(H,27,30)(H,31,32)/t14-,20-/m1/s1. The highest BCUT2D eigenvalue weighted by Gasteiger charge is 2.27. The number of hydrogen-bond donors (Lipinski definition) is 4. The molecule has 3 aromatic rings. The number of nitrogens with two attached hydrogens (primary N) is 1. The van der Waals surface area contributed by atoms with E-state index in [9.17, 15) is 24.3 Å². The largest absolute Gasteiger partial charge is 0.481 e. The van der Waals surface area contributed by atoms with Crippen LogP contribution in [0.1, 0.15) is 33.2 Å². The van der Waals surface area contributed by atoms with Crippen molar-refractivity contribution in [3.8, 4) is 11.1 Å². The van der Waals surface area contributed by atoms with Gasteiger partial charge in [0.15, 0.2) is 0 Å². The molecule has 8 nitrogen and oxygen atoms in total. The number of benzene rings is 2. The monoisotopic (exact) mass is 433 g/mol. The third-order valence-corrected chi connectivity index (χ3v) is 5.20. The van der Waals surface area contributed by atoms with E-state index < -0.39 is 29.7 Å². The van der Waals surface area contributed by atoms with Gasteiger partial charge in [-0.05, 0) is 60.4 Å². The van der Waals surface area contributed by atoms with E-state index in [1.54, 1.807) is 67.7 Å². The topological polar surface area (TPSA) is 142 Å². The number of H-pyrrole nitrogens is 1. The first kappa shape index (κ1) is 22.5. The molecule has 0 spiro atoms. The van der Waals surface area contributed by atoms with E-state index in [2.05, 4.69) is 10.3 Å². The predicted molar refractivity (Wildman–Crippen MR) is 119 cm³/mol. The number of carboxylic acids is 1. The fourth-order valence-corrected chi connectivity index (χ4v) is 3.41. The fraction of sp³-hybridized carbons (Fsp3) is 0.167. The first-order valence-electron chi connectivity index (χ1n) is 9.96. The first-order valence-corrected chi connectivity index (χ1v) is 9.96. The number of aromatic amines is 1. The number of aliphatic carboxylic acids is 1. The van der Waals surface area contributed by atoms with Crippen LogP contribution in [-0.2, 0) is 11.2 Å². The van der Waals surface area contributed by atoms with Crippen LogP contribution in [0.15, 0.2) is 71.7 Å². The summed E-state index contributed by atoms with van der Waals surface area (Å²) in [5, 5.41) is 12.4. The summed E-state index contributed by atoms with van der Waals surface area (Å²) in [6.07, 6.45) is 1.67. The van der Waals surface area contributed by atoms with Crippen molar-refractivity contribution in [3.05, 3.63) is 93.9 Å². The molecule has 1 aromatic heterocycles. The van der Waals surface area contributed by atoms with Gasteiger partial charge in [-0.3, -0.25) is 19.2 Å². The van der Waals surface area contributed by atoms with Crippen LogP contribution in [-0.4, -0.2) is 33.9 Å². The molecule has 0 unspecified atom stereocenters. The van der Waals surface area contributed by atoms with Crippen LogP contribution in [0.4, 0.5) is 0 Å². The molecule has 2 amide bonds. The lowest BCUT2D eigenvalue weighted by molar-refractivity contribution is -0.142. The van der Waals surface area contributed by atoms with Crippen molar-refractivity contribution in [2.24, 2.45) is 11.7 Å². The molecule has 0 radical (unpaired) electrons. The highest BCUT2D eigenvalue weighted by Crippen LogP contribution is 2.19. The summed E-state index contributed by atoms with van der Waals surface area (Å²) in [7, 11) is 0. The van der Waals surface area contributed by atoms with E-state index in [0.29, 0.717) is 16.7 Å². The summed E-state index contributed by atoms with van der Waals surface area (Å²) < 4.78 is 0. The molecule has 3 rings (SSSR count). The zero-order chi connectivity index (χ0) is 23.3. The van der Waals surface area contributed by atoms with Gasteiger partial charge in [0.1, 0.15) is 0 Å². The van der Waals surface area contributed by atoms with Crippen molar-refractivity contribution < 1.29 is 19.5 Å². The maximum Gasteiger partial charge on any atom is 0.308 e. The van der Waals surface area contributed by atoms with Gasteiger partial charge in [-0.2, -0.15) is 0 Å². The van der Waals surface area contributed by atoms with Crippen molar-refractivity contribution in [2.45, 2.75) is 19.4 Å². The Hall–Kier alpha value is -4.20. The number of primary amides is 1. The van der Waals surface area contributed by atoms with E-state index in [0.717, 1.165) is 11.1 Å². The molecule has 2 aromatic carbocycles. The van der Waals surface area contributed by atoms with Gasteiger partial charge in [-0.25, -0.2) is 0 Å².